The van der Waals surface area contributed by atoms with Crippen molar-refractivity contribution in [2.45, 2.75) is 38.8 Å². The number of nitrogens with one attached hydrogen (secondary N) is 1. The van der Waals surface area contributed by atoms with Gasteiger partial charge in [0.25, 0.3) is 5.91 Å². The molecule has 1 unspecified atom stereocenters. The first kappa shape index (κ1) is 25.0. The number of carboxylic acids is 1. The molecule has 0 bridgehead atoms. The number of amides is 1. The number of carbonyl (C=O) groups is 2. The number of piperidine rings is 1. The van der Waals surface area contributed by atoms with E-state index in [4.69, 9.17) is 14.6 Å². The summed E-state index contributed by atoms with van der Waals surface area (Å²) in [5.41, 5.74) is 1.77. The zero-order chi connectivity index (χ0) is 25.3. The topological polar surface area (TPSA) is 114 Å². The lowest BCUT2D eigenvalue weighted by Gasteiger charge is -2.33. The van der Waals surface area contributed by atoms with E-state index in [-0.39, 0.29) is 25.0 Å². The fraction of sp³-hybridized carbons (Fsp3) is 0.333. The SMILES string of the molecule is CCOc1ccccc1OC1CCCN(c2ncc(C(=O)NCc3ccccc3CC(=O)O)cn2)C1. The molecule has 1 amide bonds. The van der Waals surface area contributed by atoms with E-state index in [9.17, 15) is 9.59 Å². The molecule has 0 radical (unpaired) electrons. The van der Waals surface area contributed by atoms with E-state index < -0.39 is 5.97 Å². The third kappa shape index (κ3) is 6.50. The molecule has 3 aromatic rings. The van der Waals surface area contributed by atoms with Gasteiger partial charge >= 0.3 is 5.97 Å². The van der Waals surface area contributed by atoms with Crippen LogP contribution in [-0.4, -0.2) is 52.8 Å². The fourth-order valence-electron chi connectivity index (χ4n) is 4.16. The van der Waals surface area contributed by atoms with Gasteiger partial charge in [0.1, 0.15) is 6.10 Å². The Kier molecular flexibility index (Phi) is 8.33. The molecule has 2 heterocycles. The summed E-state index contributed by atoms with van der Waals surface area (Å²) in [6.07, 6.45) is 4.74. The monoisotopic (exact) mass is 490 g/mol. The van der Waals surface area contributed by atoms with Crippen LogP contribution in [0.15, 0.2) is 60.9 Å². The summed E-state index contributed by atoms with van der Waals surface area (Å²) in [6, 6.07) is 14.8. The van der Waals surface area contributed by atoms with Crippen molar-refractivity contribution in [3.8, 4) is 11.5 Å². The zero-order valence-electron chi connectivity index (χ0n) is 20.2. The molecule has 9 heteroatoms. The molecule has 0 spiro atoms. The molecule has 1 saturated heterocycles. The number of carboxylic acid groups (broad SMARTS) is 1. The maximum atomic E-state index is 12.6. The molecule has 2 aromatic carbocycles. The van der Waals surface area contributed by atoms with E-state index in [0.29, 0.717) is 30.2 Å². The van der Waals surface area contributed by atoms with Gasteiger partial charge in [-0.1, -0.05) is 36.4 Å². The smallest absolute Gasteiger partial charge is 0.307 e. The van der Waals surface area contributed by atoms with Gasteiger partial charge in [-0.3, -0.25) is 9.59 Å². The number of benzene rings is 2. The maximum Gasteiger partial charge on any atom is 0.307 e. The number of aliphatic carboxylic acids is 1. The Morgan fingerprint density at radius 2 is 1.75 bits per heavy atom. The molecule has 36 heavy (non-hydrogen) atoms. The quantitative estimate of drug-likeness (QED) is 0.444. The molecule has 1 aromatic heterocycles. The molecule has 1 aliphatic heterocycles. The molecule has 9 nitrogen and oxygen atoms in total. The summed E-state index contributed by atoms with van der Waals surface area (Å²) in [6.45, 7) is 4.17. The molecule has 0 aliphatic carbocycles. The average Bonchev–Trinajstić information content (AvgIpc) is 2.89. The molecule has 2 N–H and O–H groups in total. The highest BCUT2D eigenvalue weighted by molar-refractivity contribution is 5.93. The first-order valence-corrected chi connectivity index (χ1v) is 12.1. The highest BCUT2D eigenvalue weighted by Crippen LogP contribution is 2.29. The third-order valence-electron chi connectivity index (χ3n) is 5.90. The summed E-state index contributed by atoms with van der Waals surface area (Å²) in [5.74, 6) is 0.767. The van der Waals surface area contributed by atoms with Crippen molar-refractivity contribution in [2.75, 3.05) is 24.6 Å². The Hall–Kier alpha value is -4.14. The summed E-state index contributed by atoms with van der Waals surface area (Å²) in [5, 5.41) is 11.9. The highest BCUT2D eigenvalue weighted by atomic mass is 16.5. The number of hydrogen-bond donors (Lipinski definition) is 2. The lowest BCUT2D eigenvalue weighted by atomic mass is 10.0. The van der Waals surface area contributed by atoms with Crippen molar-refractivity contribution in [2.24, 2.45) is 0 Å². The minimum Gasteiger partial charge on any atom is -0.490 e. The summed E-state index contributed by atoms with van der Waals surface area (Å²) >= 11 is 0. The van der Waals surface area contributed by atoms with Crippen molar-refractivity contribution < 1.29 is 24.2 Å². The van der Waals surface area contributed by atoms with Gasteiger partial charge in [0, 0.05) is 25.5 Å². The Morgan fingerprint density at radius 1 is 1.06 bits per heavy atom. The van der Waals surface area contributed by atoms with Crippen LogP contribution < -0.4 is 19.7 Å². The minimum atomic E-state index is -0.915. The van der Waals surface area contributed by atoms with Gasteiger partial charge in [-0.25, -0.2) is 9.97 Å². The number of anilines is 1. The van der Waals surface area contributed by atoms with Gasteiger partial charge in [0.15, 0.2) is 11.5 Å². The molecule has 1 fully saturated rings. The van der Waals surface area contributed by atoms with Crippen LogP contribution in [0.4, 0.5) is 5.95 Å². The second-order valence-corrected chi connectivity index (χ2v) is 8.50. The minimum absolute atomic E-state index is 0.0298. The maximum absolute atomic E-state index is 12.6. The molecule has 0 saturated carbocycles. The van der Waals surface area contributed by atoms with E-state index in [1.807, 2.05) is 37.3 Å². The van der Waals surface area contributed by atoms with E-state index >= 15 is 0 Å². The summed E-state index contributed by atoms with van der Waals surface area (Å²) in [4.78, 5) is 34.6. The number of aromatic nitrogens is 2. The van der Waals surface area contributed by atoms with Gasteiger partial charge in [0.2, 0.25) is 5.95 Å². The van der Waals surface area contributed by atoms with Crippen molar-refractivity contribution >= 4 is 17.8 Å². The predicted octanol–water partition coefficient (Wildman–Crippen LogP) is 3.48. The van der Waals surface area contributed by atoms with Gasteiger partial charge in [-0.2, -0.15) is 0 Å². The van der Waals surface area contributed by atoms with E-state index in [1.54, 1.807) is 18.2 Å². The summed E-state index contributed by atoms with van der Waals surface area (Å²) < 4.78 is 11.9. The Labute approximate surface area is 210 Å². The molecule has 1 aliphatic rings. The van der Waals surface area contributed by atoms with Crippen molar-refractivity contribution in [1.29, 1.82) is 0 Å². The van der Waals surface area contributed by atoms with Crippen LogP contribution in [0.1, 0.15) is 41.3 Å². The number of hydrogen-bond acceptors (Lipinski definition) is 7. The van der Waals surface area contributed by atoms with Gasteiger partial charge in [-0.15, -0.1) is 0 Å². The molecular weight excluding hydrogens is 460 g/mol. The lowest BCUT2D eigenvalue weighted by molar-refractivity contribution is -0.136. The normalized spacial score (nSPS) is 15.2. The average molecular weight is 491 g/mol. The molecule has 1 atom stereocenters. The molecular formula is C27H30N4O5. The standard InChI is InChI=1S/C27H30N4O5/c1-2-35-23-11-5-6-12-24(23)36-22-10-7-13-31(18-22)27-29-16-21(17-30-27)26(34)28-15-20-9-4-3-8-19(20)14-25(32)33/h3-6,8-9,11-12,16-17,22H,2,7,10,13-15,18H2,1H3,(H,28,34)(H,32,33). The fourth-order valence-corrected chi connectivity index (χ4v) is 4.16. The largest absolute Gasteiger partial charge is 0.490 e. The van der Waals surface area contributed by atoms with Crippen LogP contribution in [0, 0.1) is 0 Å². The first-order valence-electron chi connectivity index (χ1n) is 12.1. The number of nitrogens with zero attached hydrogens (tertiary/aromatic N) is 3. The van der Waals surface area contributed by atoms with E-state index in [1.165, 1.54) is 12.4 Å². The number of carbonyl (C=O) groups excluding carboxylic acids is 1. The zero-order valence-corrected chi connectivity index (χ0v) is 20.2. The van der Waals surface area contributed by atoms with Gasteiger partial charge < -0.3 is 24.8 Å². The van der Waals surface area contributed by atoms with Crippen molar-refractivity contribution in [1.82, 2.24) is 15.3 Å². The highest BCUT2D eigenvalue weighted by Gasteiger charge is 2.24. The second-order valence-electron chi connectivity index (χ2n) is 8.50. The second kappa shape index (κ2) is 12.0. The van der Waals surface area contributed by atoms with Crippen LogP contribution >= 0.6 is 0 Å². The first-order chi connectivity index (χ1) is 17.5. The summed E-state index contributed by atoms with van der Waals surface area (Å²) in [7, 11) is 0. The van der Waals surface area contributed by atoms with Crippen LogP contribution in [-0.2, 0) is 17.8 Å². The lowest BCUT2D eigenvalue weighted by Crippen LogP contribution is -2.42. The van der Waals surface area contributed by atoms with Crippen LogP contribution in [0.5, 0.6) is 11.5 Å². The predicted molar refractivity (Wildman–Crippen MR) is 134 cm³/mol. The van der Waals surface area contributed by atoms with Gasteiger partial charge in [-0.05, 0) is 43.0 Å². The van der Waals surface area contributed by atoms with Crippen LogP contribution in [0.2, 0.25) is 0 Å². The van der Waals surface area contributed by atoms with Crippen LogP contribution in [0.25, 0.3) is 0 Å². The number of ether oxygens (including phenoxy) is 2. The molecule has 4 rings (SSSR count). The van der Waals surface area contributed by atoms with Crippen molar-refractivity contribution in [3.05, 3.63) is 77.6 Å². The number of rotatable bonds is 10. The van der Waals surface area contributed by atoms with E-state index in [2.05, 4.69) is 20.2 Å². The third-order valence-corrected chi connectivity index (χ3v) is 5.90. The Bertz CT molecular complexity index is 1180. The Balaban J connectivity index is 1.35. The Morgan fingerprint density at radius 3 is 2.47 bits per heavy atom. The van der Waals surface area contributed by atoms with E-state index in [0.717, 1.165) is 36.4 Å². The molecule has 188 valence electrons. The number of para-hydroxylation sites is 2. The van der Waals surface area contributed by atoms with Gasteiger partial charge in [0.05, 0.1) is 25.1 Å². The van der Waals surface area contributed by atoms with Crippen molar-refractivity contribution in [3.63, 3.8) is 0 Å². The van der Waals surface area contributed by atoms with Crippen LogP contribution in [0.3, 0.4) is 0 Å².